The molecule has 0 radical (unpaired) electrons. The molecule has 2 aliphatic rings. The van der Waals surface area contributed by atoms with Crippen LogP contribution in [-0.2, 0) is 11.2 Å². The highest BCUT2D eigenvalue weighted by molar-refractivity contribution is 5.23. The fourth-order valence-electron chi connectivity index (χ4n) is 3.48. The van der Waals surface area contributed by atoms with Gasteiger partial charge in [-0.1, -0.05) is 29.8 Å². The summed E-state index contributed by atoms with van der Waals surface area (Å²) in [5.74, 6) is 5.78. The van der Waals surface area contributed by atoms with E-state index >= 15 is 0 Å². The molecule has 3 atom stereocenters. The SMILES string of the molecule is Cc1cccc(CC(NN)C2CN3CCCC3CO2)c1. The summed E-state index contributed by atoms with van der Waals surface area (Å²) < 4.78 is 6.06. The van der Waals surface area contributed by atoms with E-state index in [-0.39, 0.29) is 12.1 Å². The average molecular weight is 275 g/mol. The lowest BCUT2D eigenvalue weighted by atomic mass is 9.99. The van der Waals surface area contributed by atoms with Crippen molar-refractivity contribution in [1.82, 2.24) is 10.3 Å². The molecule has 110 valence electrons. The van der Waals surface area contributed by atoms with Crippen molar-refractivity contribution in [3.63, 3.8) is 0 Å². The van der Waals surface area contributed by atoms with Crippen LogP contribution in [0.4, 0.5) is 0 Å². The van der Waals surface area contributed by atoms with Crippen molar-refractivity contribution in [2.24, 2.45) is 5.84 Å². The Bertz CT molecular complexity index is 451. The maximum absolute atomic E-state index is 6.06. The first kappa shape index (κ1) is 14.0. The highest BCUT2D eigenvalue weighted by Gasteiger charge is 2.35. The van der Waals surface area contributed by atoms with Gasteiger partial charge in [-0.05, 0) is 38.3 Å². The van der Waals surface area contributed by atoms with Crippen LogP contribution in [0.2, 0.25) is 0 Å². The molecule has 2 aliphatic heterocycles. The number of hydrazine groups is 1. The smallest absolute Gasteiger partial charge is 0.0872 e. The van der Waals surface area contributed by atoms with Crippen LogP contribution in [0.1, 0.15) is 24.0 Å². The summed E-state index contributed by atoms with van der Waals surface area (Å²) >= 11 is 0. The molecule has 0 aliphatic carbocycles. The third kappa shape index (κ3) is 3.04. The zero-order valence-corrected chi connectivity index (χ0v) is 12.2. The molecule has 0 aromatic heterocycles. The van der Waals surface area contributed by atoms with E-state index in [1.54, 1.807) is 0 Å². The van der Waals surface area contributed by atoms with Gasteiger partial charge in [-0.2, -0.15) is 0 Å². The van der Waals surface area contributed by atoms with Crippen molar-refractivity contribution in [2.45, 2.75) is 44.4 Å². The fourth-order valence-corrected chi connectivity index (χ4v) is 3.48. The molecule has 0 saturated carbocycles. The number of morpholine rings is 1. The van der Waals surface area contributed by atoms with Gasteiger partial charge in [-0.15, -0.1) is 0 Å². The molecular formula is C16H25N3O. The standard InChI is InChI=1S/C16H25N3O/c1-12-4-2-5-13(8-12)9-15(18-17)16-10-19-7-3-6-14(19)11-20-16/h2,4-5,8,14-16,18H,3,6-7,9-11,17H2,1H3. The van der Waals surface area contributed by atoms with Crippen molar-refractivity contribution in [3.05, 3.63) is 35.4 Å². The Kier molecular flexibility index (Phi) is 4.36. The molecule has 20 heavy (non-hydrogen) atoms. The van der Waals surface area contributed by atoms with Crippen LogP contribution in [-0.4, -0.2) is 42.8 Å². The number of ether oxygens (including phenoxy) is 1. The zero-order chi connectivity index (χ0) is 13.9. The van der Waals surface area contributed by atoms with Crippen LogP contribution in [0.3, 0.4) is 0 Å². The van der Waals surface area contributed by atoms with Crippen LogP contribution in [0.5, 0.6) is 0 Å². The van der Waals surface area contributed by atoms with E-state index < -0.39 is 0 Å². The van der Waals surface area contributed by atoms with Gasteiger partial charge in [0.1, 0.15) is 0 Å². The van der Waals surface area contributed by atoms with Crippen LogP contribution < -0.4 is 11.3 Å². The van der Waals surface area contributed by atoms with E-state index in [1.807, 2.05) is 0 Å². The van der Waals surface area contributed by atoms with Gasteiger partial charge >= 0.3 is 0 Å². The topological polar surface area (TPSA) is 50.5 Å². The first-order chi connectivity index (χ1) is 9.76. The lowest BCUT2D eigenvalue weighted by molar-refractivity contribution is -0.0644. The Morgan fingerprint density at radius 3 is 3.20 bits per heavy atom. The molecular weight excluding hydrogens is 250 g/mol. The predicted molar refractivity (Wildman–Crippen MR) is 80.3 cm³/mol. The molecule has 0 spiro atoms. The second kappa shape index (κ2) is 6.22. The summed E-state index contributed by atoms with van der Waals surface area (Å²) in [7, 11) is 0. The van der Waals surface area contributed by atoms with E-state index in [1.165, 1.54) is 30.5 Å². The highest BCUT2D eigenvalue weighted by atomic mass is 16.5. The third-order valence-corrected chi connectivity index (χ3v) is 4.62. The number of hydrogen-bond acceptors (Lipinski definition) is 4. The van der Waals surface area contributed by atoms with Crippen molar-refractivity contribution >= 4 is 0 Å². The first-order valence-corrected chi connectivity index (χ1v) is 7.63. The highest BCUT2D eigenvalue weighted by Crippen LogP contribution is 2.24. The number of nitrogens with two attached hydrogens (primary N) is 1. The lowest BCUT2D eigenvalue weighted by Gasteiger charge is -2.38. The number of nitrogens with one attached hydrogen (secondary N) is 1. The maximum Gasteiger partial charge on any atom is 0.0872 e. The second-order valence-corrected chi connectivity index (χ2v) is 6.13. The molecule has 1 aromatic carbocycles. The molecule has 0 amide bonds. The number of hydrogen-bond donors (Lipinski definition) is 2. The Morgan fingerprint density at radius 1 is 1.50 bits per heavy atom. The zero-order valence-electron chi connectivity index (χ0n) is 12.2. The fraction of sp³-hybridized carbons (Fsp3) is 0.625. The average Bonchev–Trinajstić information content (AvgIpc) is 2.92. The number of nitrogens with zero attached hydrogens (tertiary/aromatic N) is 1. The molecule has 3 N–H and O–H groups in total. The molecule has 4 nitrogen and oxygen atoms in total. The predicted octanol–water partition coefficient (Wildman–Crippen LogP) is 1.23. The van der Waals surface area contributed by atoms with Crippen molar-refractivity contribution in [1.29, 1.82) is 0 Å². The maximum atomic E-state index is 6.06. The monoisotopic (exact) mass is 275 g/mol. The normalized spacial score (nSPS) is 28.3. The number of benzene rings is 1. The third-order valence-electron chi connectivity index (χ3n) is 4.62. The molecule has 1 aromatic rings. The van der Waals surface area contributed by atoms with Gasteiger partial charge in [0.05, 0.1) is 18.8 Å². The molecule has 4 heteroatoms. The van der Waals surface area contributed by atoms with Gasteiger partial charge in [0, 0.05) is 12.6 Å². The number of aryl methyl sites for hydroxylation is 1. The molecule has 2 fully saturated rings. The van der Waals surface area contributed by atoms with Gasteiger partial charge in [-0.25, -0.2) is 0 Å². The second-order valence-electron chi connectivity index (χ2n) is 6.13. The Balaban J connectivity index is 1.64. The van der Waals surface area contributed by atoms with E-state index in [4.69, 9.17) is 10.6 Å². The van der Waals surface area contributed by atoms with Crippen LogP contribution >= 0.6 is 0 Å². The van der Waals surface area contributed by atoms with Gasteiger partial charge in [0.2, 0.25) is 0 Å². The molecule has 3 rings (SSSR count). The summed E-state index contributed by atoms with van der Waals surface area (Å²) in [4.78, 5) is 2.56. The van der Waals surface area contributed by atoms with Gasteiger partial charge in [0.25, 0.3) is 0 Å². The number of rotatable bonds is 4. The van der Waals surface area contributed by atoms with E-state index in [2.05, 4.69) is 41.5 Å². The van der Waals surface area contributed by atoms with Crippen molar-refractivity contribution < 1.29 is 4.74 Å². The van der Waals surface area contributed by atoms with Crippen LogP contribution in [0.15, 0.2) is 24.3 Å². The summed E-state index contributed by atoms with van der Waals surface area (Å²) in [5, 5.41) is 0. The largest absolute Gasteiger partial charge is 0.374 e. The van der Waals surface area contributed by atoms with E-state index in [0.717, 1.165) is 19.6 Å². The van der Waals surface area contributed by atoms with Crippen molar-refractivity contribution in [2.75, 3.05) is 19.7 Å². The summed E-state index contributed by atoms with van der Waals surface area (Å²) in [6.45, 7) is 5.20. The van der Waals surface area contributed by atoms with Crippen LogP contribution in [0.25, 0.3) is 0 Å². The van der Waals surface area contributed by atoms with Gasteiger partial charge in [0.15, 0.2) is 0 Å². The summed E-state index contributed by atoms with van der Waals surface area (Å²) in [5.41, 5.74) is 5.58. The van der Waals surface area contributed by atoms with Crippen LogP contribution in [0, 0.1) is 6.92 Å². The van der Waals surface area contributed by atoms with E-state index in [0.29, 0.717) is 6.04 Å². The minimum atomic E-state index is 0.179. The first-order valence-electron chi connectivity index (χ1n) is 7.63. The van der Waals surface area contributed by atoms with Gasteiger partial charge < -0.3 is 4.74 Å². The van der Waals surface area contributed by atoms with E-state index in [9.17, 15) is 0 Å². The molecule has 3 unspecified atom stereocenters. The summed E-state index contributed by atoms with van der Waals surface area (Å²) in [6, 6.07) is 9.45. The summed E-state index contributed by atoms with van der Waals surface area (Å²) in [6.07, 6.45) is 3.70. The minimum Gasteiger partial charge on any atom is -0.374 e. The molecule has 2 heterocycles. The lowest BCUT2D eigenvalue weighted by Crippen LogP contribution is -2.56. The van der Waals surface area contributed by atoms with Crippen molar-refractivity contribution in [3.8, 4) is 0 Å². The minimum absolute atomic E-state index is 0.179. The quantitative estimate of drug-likeness (QED) is 0.641. The Labute approximate surface area is 121 Å². The Morgan fingerprint density at radius 2 is 2.40 bits per heavy atom. The molecule has 0 bridgehead atoms. The number of fused-ring (bicyclic) bond motifs is 1. The molecule has 2 saturated heterocycles. The van der Waals surface area contributed by atoms with Gasteiger partial charge in [-0.3, -0.25) is 16.2 Å². The Hall–Kier alpha value is -0.940.